The zero-order chi connectivity index (χ0) is 22.5. The number of hydrogen-bond acceptors (Lipinski definition) is 6. The van der Waals surface area contributed by atoms with Crippen LogP contribution in [-0.4, -0.2) is 37.4 Å². The van der Waals surface area contributed by atoms with Gasteiger partial charge in [0.2, 0.25) is 5.78 Å². The van der Waals surface area contributed by atoms with E-state index in [1.54, 1.807) is 19.1 Å². The maximum atomic E-state index is 12.9. The van der Waals surface area contributed by atoms with Crippen LogP contribution < -0.4 is 9.47 Å². The Labute approximate surface area is 180 Å². The molecule has 0 spiro atoms. The van der Waals surface area contributed by atoms with Crippen molar-refractivity contribution in [1.82, 2.24) is 0 Å². The van der Waals surface area contributed by atoms with Gasteiger partial charge in [0.05, 0.1) is 31.8 Å². The van der Waals surface area contributed by atoms with E-state index in [0.29, 0.717) is 36.2 Å². The average molecular weight is 421 g/mol. The molecule has 0 aromatic heterocycles. The van der Waals surface area contributed by atoms with E-state index in [1.807, 2.05) is 0 Å². The zero-order valence-electron chi connectivity index (χ0n) is 19.0. The third-order valence-corrected chi connectivity index (χ3v) is 4.43. The molecule has 0 N–H and O–H groups in total. The number of rotatable bonds is 15. The van der Waals surface area contributed by atoms with Gasteiger partial charge in [-0.05, 0) is 43.7 Å². The van der Waals surface area contributed by atoms with Crippen LogP contribution in [-0.2, 0) is 20.7 Å². The SMILES string of the molecule is CCCCOc1cc(OCCCC)c(C(=O)CC(=O)C(=O)OCC)cc1CC(C)C. The maximum absolute atomic E-state index is 12.9. The minimum absolute atomic E-state index is 0.0898. The fourth-order valence-corrected chi connectivity index (χ4v) is 2.85. The molecule has 0 atom stereocenters. The summed E-state index contributed by atoms with van der Waals surface area (Å²) in [6.45, 7) is 11.1. The van der Waals surface area contributed by atoms with Crippen molar-refractivity contribution in [1.29, 1.82) is 0 Å². The van der Waals surface area contributed by atoms with Gasteiger partial charge in [0.25, 0.3) is 0 Å². The zero-order valence-corrected chi connectivity index (χ0v) is 19.0. The van der Waals surface area contributed by atoms with Gasteiger partial charge in [0, 0.05) is 6.07 Å². The van der Waals surface area contributed by atoms with E-state index in [-0.39, 0.29) is 6.61 Å². The van der Waals surface area contributed by atoms with Gasteiger partial charge in [-0.1, -0.05) is 40.5 Å². The van der Waals surface area contributed by atoms with Crippen molar-refractivity contribution in [3.63, 3.8) is 0 Å². The van der Waals surface area contributed by atoms with Crippen LogP contribution in [0.5, 0.6) is 11.5 Å². The Morgan fingerprint density at radius 3 is 2.03 bits per heavy atom. The standard InChI is InChI=1S/C24H36O6/c1-6-9-11-29-22-16-23(30-12-10-7-2)19(14-18(22)13-17(4)5)20(25)15-21(26)24(27)28-8-3/h14,16-17H,6-13,15H2,1-5H3. The molecular formula is C24H36O6. The molecule has 1 aromatic rings. The molecule has 0 fully saturated rings. The summed E-state index contributed by atoms with van der Waals surface area (Å²) < 4.78 is 16.6. The Morgan fingerprint density at radius 2 is 1.50 bits per heavy atom. The summed E-state index contributed by atoms with van der Waals surface area (Å²) in [7, 11) is 0. The molecule has 0 unspecified atom stereocenters. The van der Waals surface area contributed by atoms with Gasteiger partial charge in [-0.15, -0.1) is 0 Å². The summed E-state index contributed by atoms with van der Waals surface area (Å²) in [6.07, 6.45) is 3.93. The van der Waals surface area contributed by atoms with Crippen molar-refractivity contribution in [3.8, 4) is 11.5 Å². The Morgan fingerprint density at radius 1 is 0.900 bits per heavy atom. The first-order chi connectivity index (χ1) is 14.3. The summed E-state index contributed by atoms with van der Waals surface area (Å²) in [5, 5.41) is 0. The number of Topliss-reactive ketones (excluding diaryl/α,β-unsaturated/α-hetero) is 2. The van der Waals surface area contributed by atoms with Crippen molar-refractivity contribution < 1.29 is 28.6 Å². The Bertz CT molecular complexity index is 708. The molecule has 0 saturated heterocycles. The first-order valence-electron chi connectivity index (χ1n) is 11.0. The van der Waals surface area contributed by atoms with E-state index in [0.717, 1.165) is 37.7 Å². The van der Waals surface area contributed by atoms with E-state index in [9.17, 15) is 14.4 Å². The fraction of sp³-hybridized carbons (Fsp3) is 0.625. The van der Waals surface area contributed by atoms with Crippen LogP contribution in [0.25, 0.3) is 0 Å². The van der Waals surface area contributed by atoms with Gasteiger partial charge < -0.3 is 14.2 Å². The largest absolute Gasteiger partial charge is 0.493 e. The van der Waals surface area contributed by atoms with Crippen LogP contribution >= 0.6 is 0 Å². The topological polar surface area (TPSA) is 78.9 Å². The number of ketones is 2. The Kier molecular flexibility index (Phi) is 11.8. The second kappa shape index (κ2) is 13.8. The molecule has 0 aliphatic rings. The van der Waals surface area contributed by atoms with Crippen LogP contribution in [0.2, 0.25) is 0 Å². The van der Waals surface area contributed by atoms with Crippen molar-refractivity contribution >= 4 is 17.5 Å². The molecule has 0 aliphatic carbocycles. The summed E-state index contributed by atoms with van der Waals surface area (Å²) >= 11 is 0. The summed E-state index contributed by atoms with van der Waals surface area (Å²) in [5.41, 5.74) is 1.21. The Hall–Kier alpha value is -2.37. The lowest BCUT2D eigenvalue weighted by Gasteiger charge is -2.18. The van der Waals surface area contributed by atoms with Crippen molar-refractivity contribution in [2.45, 2.75) is 73.1 Å². The van der Waals surface area contributed by atoms with Crippen molar-refractivity contribution in [2.75, 3.05) is 19.8 Å². The molecule has 0 heterocycles. The number of hydrogen-bond donors (Lipinski definition) is 0. The van der Waals surface area contributed by atoms with Gasteiger partial charge in [0.15, 0.2) is 5.78 Å². The number of carbonyl (C=O) groups excluding carboxylic acids is 3. The van der Waals surface area contributed by atoms with E-state index in [1.165, 1.54) is 0 Å². The number of ether oxygens (including phenoxy) is 3. The molecular weight excluding hydrogens is 384 g/mol. The Balaban J connectivity index is 3.24. The van der Waals surface area contributed by atoms with Gasteiger partial charge in [0.1, 0.15) is 11.5 Å². The van der Waals surface area contributed by atoms with Crippen LogP contribution in [0, 0.1) is 5.92 Å². The minimum atomic E-state index is -0.985. The van der Waals surface area contributed by atoms with E-state index >= 15 is 0 Å². The fourth-order valence-electron chi connectivity index (χ4n) is 2.85. The third-order valence-electron chi connectivity index (χ3n) is 4.43. The first kappa shape index (κ1) is 25.7. The highest BCUT2D eigenvalue weighted by atomic mass is 16.5. The first-order valence-corrected chi connectivity index (χ1v) is 11.0. The normalized spacial score (nSPS) is 10.7. The van der Waals surface area contributed by atoms with Crippen LogP contribution in [0.4, 0.5) is 0 Å². The van der Waals surface area contributed by atoms with Gasteiger partial charge in [-0.2, -0.15) is 0 Å². The van der Waals surface area contributed by atoms with E-state index in [4.69, 9.17) is 14.2 Å². The molecule has 0 aliphatic heterocycles. The molecule has 1 aromatic carbocycles. The molecule has 6 nitrogen and oxygen atoms in total. The number of esters is 1. The summed E-state index contributed by atoms with van der Waals surface area (Å²) in [4.78, 5) is 36.6. The number of benzene rings is 1. The predicted molar refractivity (Wildman–Crippen MR) is 116 cm³/mol. The smallest absolute Gasteiger partial charge is 0.375 e. The summed E-state index contributed by atoms with van der Waals surface area (Å²) in [5.74, 6) is -0.837. The third kappa shape index (κ3) is 8.56. The highest BCUT2D eigenvalue weighted by Gasteiger charge is 2.24. The minimum Gasteiger partial charge on any atom is -0.493 e. The molecule has 6 heteroatoms. The highest BCUT2D eigenvalue weighted by molar-refractivity contribution is 6.38. The van der Waals surface area contributed by atoms with Gasteiger partial charge in [-0.3, -0.25) is 9.59 Å². The lowest BCUT2D eigenvalue weighted by atomic mass is 9.96. The van der Waals surface area contributed by atoms with Crippen molar-refractivity contribution in [2.24, 2.45) is 5.92 Å². The molecule has 0 bridgehead atoms. The summed E-state index contributed by atoms with van der Waals surface area (Å²) in [6, 6.07) is 3.51. The van der Waals surface area contributed by atoms with Crippen LogP contribution in [0.15, 0.2) is 12.1 Å². The van der Waals surface area contributed by atoms with E-state index in [2.05, 4.69) is 27.7 Å². The average Bonchev–Trinajstić information content (AvgIpc) is 2.69. The quantitative estimate of drug-likeness (QED) is 0.131. The van der Waals surface area contributed by atoms with Crippen LogP contribution in [0.1, 0.15) is 82.6 Å². The molecule has 0 amide bonds. The molecule has 0 saturated carbocycles. The molecule has 168 valence electrons. The molecule has 0 radical (unpaired) electrons. The maximum Gasteiger partial charge on any atom is 0.375 e. The highest BCUT2D eigenvalue weighted by Crippen LogP contribution is 2.32. The number of unbranched alkanes of at least 4 members (excludes halogenated alkanes) is 2. The lowest BCUT2D eigenvalue weighted by molar-refractivity contribution is -0.153. The van der Waals surface area contributed by atoms with Gasteiger partial charge in [-0.25, -0.2) is 4.79 Å². The number of carbonyl (C=O) groups is 3. The molecule has 1 rings (SSSR count). The molecule has 30 heavy (non-hydrogen) atoms. The second-order valence-electron chi connectivity index (χ2n) is 7.70. The monoisotopic (exact) mass is 420 g/mol. The van der Waals surface area contributed by atoms with Crippen LogP contribution in [0.3, 0.4) is 0 Å². The van der Waals surface area contributed by atoms with Crippen molar-refractivity contribution in [3.05, 3.63) is 23.3 Å². The van der Waals surface area contributed by atoms with E-state index < -0.39 is 24.0 Å². The van der Waals surface area contributed by atoms with Gasteiger partial charge >= 0.3 is 5.97 Å². The second-order valence-corrected chi connectivity index (χ2v) is 7.70. The predicted octanol–water partition coefficient (Wildman–Crippen LogP) is 4.95. The lowest BCUT2D eigenvalue weighted by Crippen LogP contribution is -2.21.